The number of benzene rings is 1. The molecule has 3 N–H and O–H groups in total. The molecule has 1 aliphatic heterocycles. The number of aromatic nitrogens is 2. The Morgan fingerprint density at radius 1 is 1.21 bits per heavy atom. The SMILES string of the molecule is CC(C)c1nc(N(C)S(C)(=O)=O)nc(-c2ccc(F)cc2)c1C1OC1[C@@H](O)C[C@@H](O)CC(=O)O. The standard InChI is InChI=1S/C22H28FN3O7S/c1-11(2)18-17(21-20(33-21)15(28)9-14(27)10-16(29)30)19(12-5-7-13(23)8-6-12)25-22(24-18)26(3)34(4,31)32/h5-8,11,14-15,20-21,27-28H,9-10H2,1-4H3,(H,29,30)/t14-,15+,20?,21?/m1/s1. The molecule has 1 saturated heterocycles. The van der Waals surface area contributed by atoms with Crippen molar-refractivity contribution in [3.05, 3.63) is 41.3 Å². The Balaban J connectivity index is 2.07. The molecule has 1 aromatic carbocycles. The Bertz CT molecular complexity index is 1160. The fraction of sp³-hybridized carbons (Fsp3) is 0.500. The van der Waals surface area contributed by atoms with Crippen LogP contribution in [0.3, 0.4) is 0 Å². The number of hydrogen-bond acceptors (Lipinski definition) is 8. The smallest absolute Gasteiger partial charge is 0.305 e. The lowest BCUT2D eigenvalue weighted by molar-refractivity contribution is -0.139. The maximum absolute atomic E-state index is 13.6. The molecule has 2 unspecified atom stereocenters. The molecular formula is C22H28FN3O7S. The average molecular weight is 498 g/mol. The Kier molecular flexibility index (Phi) is 7.56. The Hall–Kier alpha value is -2.67. The molecule has 2 heterocycles. The van der Waals surface area contributed by atoms with Crippen molar-refractivity contribution in [2.75, 3.05) is 17.6 Å². The van der Waals surface area contributed by atoms with Gasteiger partial charge in [0.25, 0.3) is 0 Å². The van der Waals surface area contributed by atoms with Gasteiger partial charge in [-0.25, -0.2) is 27.1 Å². The van der Waals surface area contributed by atoms with E-state index in [4.69, 9.17) is 9.84 Å². The van der Waals surface area contributed by atoms with Crippen molar-refractivity contribution in [1.82, 2.24) is 9.97 Å². The second kappa shape index (κ2) is 9.90. The number of carboxylic acid groups (broad SMARTS) is 1. The largest absolute Gasteiger partial charge is 0.481 e. The summed E-state index contributed by atoms with van der Waals surface area (Å²) in [5, 5.41) is 29.2. The van der Waals surface area contributed by atoms with E-state index in [-0.39, 0.29) is 18.3 Å². The van der Waals surface area contributed by atoms with Gasteiger partial charge in [0.1, 0.15) is 18.0 Å². The van der Waals surface area contributed by atoms with Crippen LogP contribution in [-0.4, -0.2) is 71.3 Å². The first-order chi connectivity index (χ1) is 15.8. The molecule has 3 rings (SSSR count). The van der Waals surface area contributed by atoms with E-state index in [2.05, 4.69) is 9.97 Å². The lowest BCUT2D eigenvalue weighted by Gasteiger charge is -2.21. The van der Waals surface area contributed by atoms with Gasteiger partial charge in [-0.2, -0.15) is 0 Å². The zero-order valence-electron chi connectivity index (χ0n) is 19.2. The number of nitrogens with zero attached hydrogens (tertiary/aromatic N) is 3. The maximum atomic E-state index is 13.6. The summed E-state index contributed by atoms with van der Waals surface area (Å²) in [5.74, 6) is -1.90. The molecule has 0 aliphatic carbocycles. The van der Waals surface area contributed by atoms with Gasteiger partial charge >= 0.3 is 5.97 Å². The molecule has 1 aliphatic rings. The van der Waals surface area contributed by atoms with E-state index in [1.54, 1.807) is 0 Å². The number of sulfonamides is 1. The molecule has 34 heavy (non-hydrogen) atoms. The first-order valence-corrected chi connectivity index (χ1v) is 12.5. The highest BCUT2D eigenvalue weighted by Crippen LogP contribution is 2.48. The second-order valence-electron chi connectivity index (χ2n) is 8.64. The Labute approximate surface area is 197 Å². The lowest BCUT2D eigenvalue weighted by Crippen LogP contribution is -2.28. The van der Waals surface area contributed by atoms with Crippen molar-refractivity contribution < 1.29 is 37.7 Å². The van der Waals surface area contributed by atoms with Gasteiger partial charge < -0.3 is 20.1 Å². The van der Waals surface area contributed by atoms with Crippen LogP contribution in [0, 0.1) is 5.82 Å². The van der Waals surface area contributed by atoms with E-state index in [1.807, 2.05) is 13.8 Å². The second-order valence-corrected chi connectivity index (χ2v) is 10.7. The van der Waals surface area contributed by atoms with Gasteiger partial charge in [0.15, 0.2) is 0 Å². The van der Waals surface area contributed by atoms with Gasteiger partial charge in [0.2, 0.25) is 16.0 Å². The van der Waals surface area contributed by atoms with Gasteiger partial charge in [-0.1, -0.05) is 13.8 Å². The number of aliphatic hydroxyl groups is 2. The number of carbonyl (C=O) groups is 1. The minimum atomic E-state index is -3.67. The van der Waals surface area contributed by atoms with Crippen LogP contribution in [0.5, 0.6) is 0 Å². The molecule has 0 amide bonds. The predicted molar refractivity (Wildman–Crippen MR) is 121 cm³/mol. The number of anilines is 1. The Morgan fingerprint density at radius 2 is 1.82 bits per heavy atom. The van der Waals surface area contributed by atoms with Crippen molar-refractivity contribution in [3.8, 4) is 11.3 Å². The summed E-state index contributed by atoms with van der Waals surface area (Å²) in [6, 6.07) is 5.50. The topological polar surface area (TPSA) is 153 Å². The molecule has 0 saturated carbocycles. The summed E-state index contributed by atoms with van der Waals surface area (Å²) >= 11 is 0. The number of aliphatic hydroxyl groups excluding tert-OH is 2. The number of rotatable bonds is 10. The molecule has 0 spiro atoms. The number of carboxylic acids is 1. The van der Waals surface area contributed by atoms with Crippen LogP contribution in [0.4, 0.5) is 10.3 Å². The van der Waals surface area contributed by atoms with Crippen molar-refractivity contribution >= 4 is 21.9 Å². The van der Waals surface area contributed by atoms with Crippen LogP contribution in [0.25, 0.3) is 11.3 Å². The van der Waals surface area contributed by atoms with Crippen molar-refractivity contribution in [2.24, 2.45) is 0 Å². The highest BCUT2D eigenvalue weighted by Gasteiger charge is 2.49. The van der Waals surface area contributed by atoms with Gasteiger partial charge in [-0.15, -0.1) is 0 Å². The molecule has 1 fully saturated rings. The third-order valence-corrected chi connectivity index (χ3v) is 6.68. The number of epoxide rings is 1. The van der Waals surface area contributed by atoms with Gasteiger partial charge in [0.05, 0.1) is 36.3 Å². The molecule has 0 bridgehead atoms. The van der Waals surface area contributed by atoms with E-state index in [0.29, 0.717) is 22.5 Å². The van der Waals surface area contributed by atoms with Crippen LogP contribution >= 0.6 is 0 Å². The van der Waals surface area contributed by atoms with Crippen molar-refractivity contribution in [2.45, 2.75) is 57.0 Å². The lowest BCUT2D eigenvalue weighted by atomic mass is 9.93. The van der Waals surface area contributed by atoms with E-state index in [1.165, 1.54) is 31.3 Å². The minimum absolute atomic E-state index is 0.0658. The summed E-state index contributed by atoms with van der Waals surface area (Å²) in [6.45, 7) is 3.71. The Morgan fingerprint density at radius 3 is 2.35 bits per heavy atom. The number of hydrogen-bond donors (Lipinski definition) is 3. The summed E-state index contributed by atoms with van der Waals surface area (Å²) in [7, 11) is -2.34. The van der Waals surface area contributed by atoms with Crippen LogP contribution in [0.2, 0.25) is 0 Å². The quantitative estimate of drug-likeness (QED) is 0.417. The number of aliphatic carboxylic acids is 1. The third-order valence-electron chi connectivity index (χ3n) is 5.52. The number of ether oxygens (including phenoxy) is 1. The molecule has 10 nitrogen and oxygen atoms in total. The summed E-state index contributed by atoms with van der Waals surface area (Å²) < 4.78 is 44.5. The molecule has 186 valence electrons. The maximum Gasteiger partial charge on any atom is 0.305 e. The van der Waals surface area contributed by atoms with Crippen LogP contribution < -0.4 is 4.31 Å². The molecule has 0 radical (unpaired) electrons. The van der Waals surface area contributed by atoms with E-state index < -0.39 is 52.6 Å². The molecule has 4 atom stereocenters. The van der Waals surface area contributed by atoms with Crippen LogP contribution in [0.15, 0.2) is 24.3 Å². The number of halogens is 1. The summed E-state index contributed by atoms with van der Waals surface area (Å²) in [4.78, 5) is 19.7. The normalized spacial score (nSPS) is 19.6. The predicted octanol–water partition coefficient (Wildman–Crippen LogP) is 1.83. The third kappa shape index (κ3) is 5.87. The monoisotopic (exact) mass is 497 g/mol. The first-order valence-electron chi connectivity index (χ1n) is 10.6. The van der Waals surface area contributed by atoms with E-state index in [0.717, 1.165) is 10.6 Å². The fourth-order valence-electron chi connectivity index (χ4n) is 3.66. The summed E-state index contributed by atoms with van der Waals surface area (Å²) in [6.07, 6.45) is -3.52. The average Bonchev–Trinajstić information content (AvgIpc) is 3.52. The zero-order valence-corrected chi connectivity index (χ0v) is 20.0. The summed E-state index contributed by atoms with van der Waals surface area (Å²) in [5.41, 5.74) is 1.84. The minimum Gasteiger partial charge on any atom is -0.481 e. The van der Waals surface area contributed by atoms with Gasteiger partial charge in [-0.3, -0.25) is 4.79 Å². The van der Waals surface area contributed by atoms with Gasteiger partial charge in [-0.05, 0) is 30.2 Å². The van der Waals surface area contributed by atoms with Crippen LogP contribution in [-0.2, 0) is 19.6 Å². The van der Waals surface area contributed by atoms with Crippen LogP contribution in [0.1, 0.15) is 50.0 Å². The van der Waals surface area contributed by atoms with E-state index in [9.17, 15) is 27.8 Å². The first kappa shape index (κ1) is 25.9. The van der Waals surface area contributed by atoms with Gasteiger partial charge in [0, 0.05) is 24.6 Å². The van der Waals surface area contributed by atoms with Crippen molar-refractivity contribution in [1.29, 1.82) is 0 Å². The highest BCUT2D eigenvalue weighted by atomic mass is 32.2. The van der Waals surface area contributed by atoms with Crippen molar-refractivity contribution in [3.63, 3.8) is 0 Å². The highest BCUT2D eigenvalue weighted by molar-refractivity contribution is 7.92. The molecule has 2 aromatic rings. The molecule has 12 heteroatoms. The fourth-order valence-corrected chi connectivity index (χ4v) is 4.04. The zero-order chi connectivity index (χ0) is 25.4. The molecule has 1 aromatic heterocycles. The van der Waals surface area contributed by atoms with E-state index >= 15 is 0 Å². The molecular weight excluding hydrogens is 469 g/mol.